The monoisotopic (exact) mass is 280 g/mol. The Morgan fingerprint density at radius 2 is 2.15 bits per heavy atom. The van der Waals surface area contributed by atoms with Gasteiger partial charge in [-0.15, -0.1) is 0 Å². The maximum Gasteiger partial charge on any atom is 0.293 e. The summed E-state index contributed by atoms with van der Waals surface area (Å²) in [6.07, 6.45) is 0. The minimum atomic E-state index is -0.488. The van der Waals surface area contributed by atoms with Gasteiger partial charge in [0.15, 0.2) is 0 Å². The molecule has 7 heteroatoms. The summed E-state index contributed by atoms with van der Waals surface area (Å²) < 4.78 is 0. The van der Waals surface area contributed by atoms with Crippen LogP contribution in [0.4, 0.5) is 11.4 Å². The summed E-state index contributed by atoms with van der Waals surface area (Å²) in [6, 6.07) is 4.41. The van der Waals surface area contributed by atoms with Crippen molar-refractivity contribution in [3.05, 3.63) is 33.9 Å². The van der Waals surface area contributed by atoms with Crippen LogP contribution in [0.5, 0.6) is 0 Å². The maximum atomic E-state index is 11.5. The topological polar surface area (TPSA) is 87.5 Å². The molecule has 1 rings (SSSR count). The van der Waals surface area contributed by atoms with E-state index in [0.29, 0.717) is 12.2 Å². The van der Waals surface area contributed by atoms with Crippen LogP contribution in [-0.4, -0.2) is 49.5 Å². The first-order chi connectivity index (χ1) is 9.49. The van der Waals surface area contributed by atoms with E-state index < -0.39 is 4.92 Å². The van der Waals surface area contributed by atoms with Crippen LogP contribution in [0.1, 0.15) is 17.3 Å². The number of nitro groups is 1. The third-order valence-electron chi connectivity index (χ3n) is 3.03. The van der Waals surface area contributed by atoms with Gasteiger partial charge in [0.2, 0.25) is 0 Å². The molecule has 0 aromatic heterocycles. The van der Waals surface area contributed by atoms with E-state index in [1.54, 1.807) is 12.1 Å². The lowest BCUT2D eigenvalue weighted by Crippen LogP contribution is -2.25. The van der Waals surface area contributed by atoms with E-state index in [1.165, 1.54) is 13.1 Å². The first-order valence-electron chi connectivity index (χ1n) is 6.42. The molecule has 0 aliphatic heterocycles. The number of amides is 1. The summed E-state index contributed by atoms with van der Waals surface area (Å²) in [4.78, 5) is 24.1. The van der Waals surface area contributed by atoms with Crippen molar-refractivity contribution in [2.45, 2.75) is 6.92 Å². The van der Waals surface area contributed by atoms with E-state index >= 15 is 0 Å². The quantitative estimate of drug-likeness (QED) is 0.581. The Morgan fingerprint density at radius 3 is 2.70 bits per heavy atom. The SMILES string of the molecule is CCN(C)CCNc1ccc(C(=O)NC)cc1[N+](=O)[O-]. The van der Waals surface area contributed by atoms with Gasteiger partial charge in [0.05, 0.1) is 4.92 Å². The molecule has 0 heterocycles. The third kappa shape index (κ3) is 4.20. The van der Waals surface area contributed by atoms with Crippen LogP contribution in [0.2, 0.25) is 0 Å². The highest BCUT2D eigenvalue weighted by molar-refractivity contribution is 5.95. The molecule has 1 aromatic carbocycles. The lowest BCUT2D eigenvalue weighted by Gasteiger charge is -2.14. The van der Waals surface area contributed by atoms with Gasteiger partial charge in [0, 0.05) is 31.8 Å². The normalized spacial score (nSPS) is 10.4. The molecule has 2 N–H and O–H groups in total. The predicted octanol–water partition coefficient (Wildman–Crippen LogP) is 1.32. The van der Waals surface area contributed by atoms with Gasteiger partial charge in [-0.1, -0.05) is 6.92 Å². The third-order valence-corrected chi connectivity index (χ3v) is 3.03. The molecular weight excluding hydrogens is 260 g/mol. The molecule has 1 aromatic rings. The molecule has 0 bridgehead atoms. The Morgan fingerprint density at radius 1 is 1.45 bits per heavy atom. The van der Waals surface area contributed by atoms with E-state index in [1.807, 2.05) is 14.0 Å². The zero-order valence-electron chi connectivity index (χ0n) is 12.0. The highest BCUT2D eigenvalue weighted by Gasteiger charge is 2.16. The summed E-state index contributed by atoms with van der Waals surface area (Å²) in [5.41, 5.74) is 0.604. The van der Waals surface area contributed by atoms with Crippen LogP contribution in [-0.2, 0) is 0 Å². The van der Waals surface area contributed by atoms with Gasteiger partial charge in [-0.3, -0.25) is 14.9 Å². The van der Waals surface area contributed by atoms with Crippen molar-refractivity contribution in [3.8, 4) is 0 Å². The number of likely N-dealkylation sites (N-methyl/N-ethyl adjacent to an activating group) is 1. The molecule has 20 heavy (non-hydrogen) atoms. The minimum absolute atomic E-state index is 0.0924. The van der Waals surface area contributed by atoms with Crippen LogP contribution >= 0.6 is 0 Å². The van der Waals surface area contributed by atoms with Crippen molar-refractivity contribution in [2.24, 2.45) is 0 Å². The first-order valence-corrected chi connectivity index (χ1v) is 6.42. The van der Waals surface area contributed by atoms with Gasteiger partial charge in [-0.25, -0.2) is 0 Å². The maximum absolute atomic E-state index is 11.5. The second-order valence-electron chi connectivity index (χ2n) is 4.39. The number of anilines is 1. The summed E-state index contributed by atoms with van der Waals surface area (Å²) >= 11 is 0. The Labute approximate surface area is 118 Å². The molecule has 0 atom stereocenters. The van der Waals surface area contributed by atoms with Crippen molar-refractivity contribution in [1.82, 2.24) is 10.2 Å². The fourth-order valence-corrected chi connectivity index (χ4v) is 1.66. The molecule has 1 amide bonds. The van der Waals surface area contributed by atoms with Crippen LogP contribution < -0.4 is 10.6 Å². The molecule has 110 valence electrons. The second kappa shape index (κ2) is 7.44. The van der Waals surface area contributed by atoms with Crippen LogP contribution in [0.3, 0.4) is 0 Å². The largest absolute Gasteiger partial charge is 0.378 e. The molecule has 0 saturated carbocycles. The molecule has 0 fully saturated rings. The van der Waals surface area contributed by atoms with Gasteiger partial charge in [0.1, 0.15) is 5.69 Å². The van der Waals surface area contributed by atoms with Crippen molar-refractivity contribution < 1.29 is 9.72 Å². The van der Waals surface area contributed by atoms with Crippen molar-refractivity contribution in [3.63, 3.8) is 0 Å². The molecule has 0 radical (unpaired) electrons. The minimum Gasteiger partial charge on any atom is -0.378 e. The van der Waals surface area contributed by atoms with Gasteiger partial charge in [-0.2, -0.15) is 0 Å². The summed E-state index contributed by atoms with van der Waals surface area (Å²) in [5, 5.41) is 16.5. The fraction of sp³-hybridized carbons (Fsp3) is 0.462. The number of nitrogens with one attached hydrogen (secondary N) is 2. The highest BCUT2D eigenvalue weighted by Crippen LogP contribution is 2.25. The summed E-state index contributed by atoms with van der Waals surface area (Å²) in [6.45, 7) is 4.34. The number of rotatable bonds is 7. The van der Waals surface area contributed by atoms with E-state index in [9.17, 15) is 14.9 Å². The number of carbonyl (C=O) groups excluding carboxylic acids is 1. The predicted molar refractivity (Wildman–Crippen MR) is 78.1 cm³/mol. The van der Waals surface area contributed by atoms with Gasteiger partial charge >= 0.3 is 0 Å². The number of nitro benzene ring substituents is 1. The highest BCUT2D eigenvalue weighted by atomic mass is 16.6. The average Bonchev–Trinajstić information content (AvgIpc) is 2.46. The van der Waals surface area contributed by atoms with Crippen LogP contribution in [0.25, 0.3) is 0 Å². The standard InChI is InChI=1S/C13H20N4O3/c1-4-16(3)8-7-15-11-6-5-10(13(18)14-2)9-12(11)17(19)20/h5-6,9,15H,4,7-8H2,1-3H3,(H,14,18). The average molecular weight is 280 g/mol. The van der Waals surface area contributed by atoms with Crippen molar-refractivity contribution in [2.75, 3.05) is 39.0 Å². The first kappa shape index (κ1) is 15.9. The van der Waals surface area contributed by atoms with Gasteiger partial charge in [0.25, 0.3) is 11.6 Å². The lowest BCUT2D eigenvalue weighted by molar-refractivity contribution is -0.384. The Kier molecular flexibility index (Phi) is 5.92. The van der Waals surface area contributed by atoms with E-state index in [0.717, 1.165) is 13.1 Å². The zero-order valence-corrected chi connectivity index (χ0v) is 12.0. The summed E-state index contributed by atoms with van der Waals surface area (Å²) in [5.74, 6) is -0.342. The molecule has 0 aliphatic rings. The number of hydrogen-bond donors (Lipinski definition) is 2. The van der Waals surface area contributed by atoms with Crippen molar-refractivity contribution in [1.29, 1.82) is 0 Å². The molecule has 0 aliphatic carbocycles. The van der Waals surface area contributed by atoms with Crippen molar-refractivity contribution >= 4 is 17.3 Å². The number of carbonyl (C=O) groups is 1. The Balaban J connectivity index is 2.85. The Bertz CT molecular complexity index is 491. The van der Waals surface area contributed by atoms with E-state index in [4.69, 9.17) is 0 Å². The Hall–Kier alpha value is -2.15. The zero-order chi connectivity index (χ0) is 15.1. The number of benzene rings is 1. The smallest absolute Gasteiger partial charge is 0.293 e. The lowest BCUT2D eigenvalue weighted by atomic mass is 10.1. The van der Waals surface area contributed by atoms with Gasteiger partial charge < -0.3 is 15.5 Å². The van der Waals surface area contributed by atoms with E-state index in [-0.39, 0.29) is 17.2 Å². The number of nitrogens with zero attached hydrogens (tertiary/aromatic N) is 2. The fourth-order valence-electron chi connectivity index (χ4n) is 1.66. The van der Waals surface area contributed by atoms with E-state index in [2.05, 4.69) is 15.5 Å². The molecule has 0 spiro atoms. The molecule has 0 unspecified atom stereocenters. The van der Waals surface area contributed by atoms with Crippen LogP contribution in [0.15, 0.2) is 18.2 Å². The van der Waals surface area contributed by atoms with Crippen LogP contribution in [0, 0.1) is 10.1 Å². The second-order valence-corrected chi connectivity index (χ2v) is 4.39. The molecule has 0 saturated heterocycles. The summed E-state index contributed by atoms with van der Waals surface area (Å²) in [7, 11) is 3.46. The molecule has 7 nitrogen and oxygen atoms in total. The number of hydrogen-bond acceptors (Lipinski definition) is 5. The molecular formula is C13H20N4O3. The van der Waals surface area contributed by atoms with Gasteiger partial charge in [-0.05, 0) is 25.7 Å².